The van der Waals surface area contributed by atoms with Crippen LogP contribution in [0.3, 0.4) is 0 Å². The lowest BCUT2D eigenvalue weighted by molar-refractivity contribution is 0.747. The van der Waals surface area contributed by atoms with Gasteiger partial charge in [-0.05, 0) is 25.1 Å². The van der Waals surface area contributed by atoms with Crippen molar-refractivity contribution in [3.8, 4) is 6.07 Å². The summed E-state index contributed by atoms with van der Waals surface area (Å²) in [4.78, 5) is 0. The lowest BCUT2D eigenvalue weighted by atomic mass is 10.4. The molecule has 0 aromatic rings. The molecular formula is C7H14FNSi. The van der Waals surface area contributed by atoms with E-state index in [2.05, 4.69) is 0 Å². The lowest BCUT2D eigenvalue weighted by Crippen LogP contribution is -2.21. The van der Waals surface area contributed by atoms with Gasteiger partial charge < -0.3 is 4.11 Å². The van der Waals surface area contributed by atoms with E-state index in [1.165, 1.54) is 0 Å². The van der Waals surface area contributed by atoms with Gasteiger partial charge in [-0.3, -0.25) is 0 Å². The van der Waals surface area contributed by atoms with Crippen molar-refractivity contribution in [2.75, 3.05) is 0 Å². The van der Waals surface area contributed by atoms with Crippen LogP contribution in [-0.4, -0.2) is 8.41 Å². The van der Waals surface area contributed by atoms with E-state index in [1.54, 1.807) is 6.55 Å². The number of hydrogen-bond acceptors (Lipinski definition) is 1. The number of unbranched alkanes of at least 4 members (excludes halogenated alkanes) is 1. The van der Waals surface area contributed by atoms with Crippen LogP contribution in [-0.2, 0) is 0 Å². The fourth-order valence-corrected chi connectivity index (χ4v) is 1.98. The normalized spacial score (nSPS) is 15.8. The topological polar surface area (TPSA) is 23.8 Å². The van der Waals surface area contributed by atoms with Crippen molar-refractivity contribution in [2.24, 2.45) is 0 Å². The Morgan fingerprint density at radius 2 is 2.20 bits per heavy atom. The second kappa shape index (κ2) is 4.45. The summed E-state index contributed by atoms with van der Waals surface area (Å²) in [5.74, 6) is 0. The van der Waals surface area contributed by atoms with Gasteiger partial charge in [0.25, 0.3) is 0 Å². The summed E-state index contributed by atoms with van der Waals surface area (Å²) < 4.78 is 13.2. The van der Waals surface area contributed by atoms with Crippen LogP contribution < -0.4 is 0 Å². The van der Waals surface area contributed by atoms with Gasteiger partial charge in [0.1, 0.15) is 0 Å². The van der Waals surface area contributed by atoms with Gasteiger partial charge >= 0.3 is 0 Å². The number of nitrogens with zero attached hydrogens (tertiary/aromatic N) is 1. The molecule has 0 N–H and O–H groups in total. The highest BCUT2D eigenvalue weighted by atomic mass is 28.4. The maximum atomic E-state index is 13.2. The van der Waals surface area contributed by atoms with Crippen molar-refractivity contribution in [1.29, 1.82) is 5.26 Å². The number of rotatable bonds is 4. The SMILES string of the molecule is CC[Si](C)(F)CCCC#N. The molecule has 58 valence electrons. The monoisotopic (exact) mass is 159 g/mol. The maximum absolute atomic E-state index is 13.2. The summed E-state index contributed by atoms with van der Waals surface area (Å²) >= 11 is 0. The minimum Gasteiger partial charge on any atom is -0.314 e. The zero-order valence-corrected chi connectivity index (χ0v) is 7.65. The molecule has 0 aliphatic heterocycles. The molecule has 1 atom stereocenters. The van der Waals surface area contributed by atoms with E-state index in [9.17, 15) is 4.11 Å². The average molecular weight is 159 g/mol. The summed E-state index contributed by atoms with van der Waals surface area (Å²) in [5, 5.41) is 8.18. The molecule has 0 amide bonds. The second-order valence-electron chi connectivity index (χ2n) is 2.78. The molecule has 0 bridgehead atoms. The summed E-state index contributed by atoms with van der Waals surface area (Å²) in [6, 6.07) is 3.35. The molecular weight excluding hydrogens is 145 g/mol. The minimum atomic E-state index is -2.37. The van der Waals surface area contributed by atoms with Crippen LogP contribution >= 0.6 is 0 Å². The Morgan fingerprint density at radius 3 is 2.60 bits per heavy atom. The molecule has 0 aliphatic carbocycles. The van der Waals surface area contributed by atoms with E-state index < -0.39 is 8.41 Å². The molecule has 0 saturated heterocycles. The third-order valence-corrected chi connectivity index (χ3v) is 4.59. The Labute approximate surface area is 63.0 Å². The van der Waals surface area contributed by atoms with E-state index in [0.717, 1.165) is 6.42 Å². The summed E-state index contributed by atoms with van der Waals surface area (Å²) in [6.45, 7) is 3.61. The highest BCUT2D eigenvalue weighted by Gasteiger charge is 2.23. The van der Waals surface area contributed by atoms with Gasteiger partial charge in [-0.15, -0.1) is 0 Å². The van der Waals surface area contributed by atoms with E-state index in [4.69, 9.17) is 5.26 Å². The van der Waals surface area contributed by atoms with Crippen LogP contribution in [0.4, 0.5) is 4.11 Å². The number of hydrogen-bond donors (Lipinski definition) is 0. The Morgan fingerprint density at radius 1 is 1.60 bits per heavy atom. The van der Waals surface area contributed by atoms with Gasteiger partial charge in [0.2, 0.25) is 8.41 Å². The second-order valence-corrected chi connectivity index (χ2v) is 6.81. The van der Waals surface area contributed by atoms with Crippen molar-refractivity contribution in [1.82, 2.24) is 0 Å². The van der Waals surface area contributed by atoms with Crippen LogP contribution in [0.5, 0.6) is 0 Å². The summed E-state index contributed by atoms with van der Waals surface area (Å²) in [6.07, 6.45) is 1.25. The third kappa shape index (κ3) is 4.51. The van der Waals surface area contributed by atoms with E-state index >= 15 is 0 Å². The molecule has 0 heterocycles. The molecule has 0 spiro atoms. The first-order valence-corrected chi connectivity index (χ1v) is 6.47. The smallest absolute Gasteiger partial charge is 0.243 e. The predicted molar refractivity (Wildman–Crippen MR) is 42.9 cm³/mol. The third-order valence-electron chi connectivity index (χ3n) is 1.72. The number of halogens is 1. The predicted octanol–water partition coefficient (Wildman–Crippen LogP) is 2.85. The standard InChI is InChI=1S/C7H14FNSi/c1-3-10(2,8)7-5-4-6-9/h3-5,7H2,1-2H3. The van der Waals surface area contributed by atoms with Gasteiger partial charge in [-0.25, -0.2) is 0 Å². The van der Waals surface area contributed by atoms with Crippen molar-refractivity contribution >= 4 is 8.41 Å². The van der Waals surface area contributed by atoms with Gasteiger partial charge in [0.15, 0.2) is 0 Å². The lowest BCUT2D eigenvalue weighted by Gasteiger charge is -2.12. The zero-order chi connectivity index (χ0) is 8.04. The molecule has 0 saturated carbocycles. The van der Waals surface area contributed by atoms with Crippen molar-refractivity contribution in [3.63, 3.8) is 0 Å². The van der Waals surface area contributed by atoms with Crippen LogP contribution in [0, 0.1) is 11.3 Å². The van der Waals surface area contributed by atoms with Crippen molar-refractivity contribution in [3.05, 3.63) is 0 Å². The van der Waals surface area contributed by atoms with Crippen LogP contribution in [0.25, 0.3) is 0 Å². The summed E-state index contributed by atoms with van der Waals surface area (Å²) in [5.41, 5.74) is 0. The highest BCUT2D eigenvalue weighted by molar-refractivity contribution is 6.71. The molecule has 10 heavy (non-hydrogen) atoms. The largest absolute Gasteiger partial charge is 0.314 e. The fourth-order valence-electron chi connectivity index (χ4n) is 0.713. The van der Waals surface area contributed by atoms with Crippen LogP contribution in [0.2, 0.25) is 18.6 Å². The first kappa shape index (κ1) is 9.64. The van der Waals surface area contributed by atoms with Crippen molar-refractivity contribution < 1.29 is 4.11 Å². The zero-order valence-electron chi connectivity index (χ0n) is 6.65. The molecule has 0 aromatic carbocycles. The molecule has 3 heteroatoms. The molecule has 0 radical (unpaired) electrons. The summed E-state index contributed by atoms with van der Waals surface area (Å²) in [7, 11) is -2.37. The van der Waals surface area contributed by atoms with Gasteiger partial charge in [0, 0.05) is 6.42 Å². The first-order chi connectivity index (χ1) is 4.62. The molecule has 0 aliphatic rings. The molecule has 1 unspecified atom stereocenters. The van der Waals surface area contributed by atoms with Crippen molar-refractivity contribution in [2.45, 2.75) is 38.4 Å². The van der Waals surface area contributed by atoms with Gasteiger partial charge in [-0.2, -0.15) is 5.26 Å². The molecule has 0 rings (SSSR count). The average Bonchev–Trinajstić information content (AvgIpc) is 1.89. The number of nitriles is 1. The fraction of sp³-hybridized carbons (Fsp3) is 0.857. The Balaban J connectivity index is 3.39. The van der Waals surface area contributed by atoms with E-state index in [0.29, 0.717) is 18.5 Å². The van der Waals surface area contributed by atoms with Gasteiger partial charge in [-0.1, -0.05) is 6.92 Å². The maximum Gasteiger partial charge on any atom is 0.243 e. The van der Waals surface area contributed by atoms with Gasteiger partial charge in [0.05, 0.1) is 6.07 Å². The van der Waals surface area contributed by atoms with E-state index in [1.807, 2.05) is 13.0 Å². The molecule has 0 aromatic heterocycles. The minimum absolute atomic E-state index is 0.506. The quantitative estimate of drug-likeness (QED) is 0.351. The van der Waals surface area contributed by atoms with E-state index in [-0.39, 0.29) is 0 Å². The van der Waals surface area contributed by atoms with Crippen LogP contribution in [0.15, 0.2) is 0 Å². The first-order valence-electron chi connectivity index (χ1n) is 3.68. The molecule has 1 nitrogen and oxygen atoms in total. The Kier molecular flexibility index (Phi) is 4.29. The highest BCUT2D eigenvalue weighted by Crippen LogP contribution is 2.18. The Hall–Kier alpha value is -0.363. The Bertz CT molecular complexity index is 128. The molecule has 0 fully saturated rings. The van der Waals surface area contributed by atoms with Crippen LogP contribution in [0.1, 0.15) is 19.8 Å².